The molecule has 4 nitrogen and oxygen atoms in total. The summed E-state index contributed by atoms with van der Waals surface area (Å²) < 4.78 is 5.70. The van der Waals surface area contributed by atoms with E-state index in [-0.39, 0.29) is 0 Å². The van der Waals surface area contributed by atoms with Crippen molar-refractivity contribution >= 4 is 5.91 Å². The predicted molar refractivity (Wildman–Crippen MR) is 66.2 cm³/mol. The van der Waals surface area contributed by atoms with Crippen LogP contribution in [-0.2, 0) is 0 Å². The minimum absolute atomic E-state index is 0.385. The molecule has 0 aromatic heterocycles. The smallest absolute Gasteiger partial charge is 0.252 e. The van der Waals surface area contributed by atoms with Crippen molar-refractivity contribution in [3.8, 4) is 5.75 Å². The van der Waals surface area contributed by atoms with Gasteiger partial charge >= 0.3 is 0 Å². The predicted octanol–water partition coefficient (Wildman–Crippen LogP) is 1.22. The summed E-state index contributed by atoms with van der Waals surface area (Å²) in [6.45, 7) is 3.60. The molecule has 2 rings (SSSR count). The maximum atomic E-state index is 11.3. The van der Waals surface area contributed by atoms with Gasteiger partial charge in [-0.1, -0.05) is 6.07 Å². The first-order valence-corrected chi connectivity index (χ1v) is 5.93. The molecule has 1 heterocycles. The number of primary amides is 1. The van der Waals surface area contributed by atoms with Crippen molar-refractivity contribution in [3.05, 3.63) is 29.3 Å². The number of aryl methyl sites for hydroxylation is 1. The van der Waals surface area contributed by atoms with Gasteiger partial charge in [-0.15, -0.1) is 0 Å². The molecular weight excluding hydrogens is 216 g/mol. The second-order valence-corrected chi connectivity index (χ2v) is 4.47. The number of nitrogens with one attached hydrogen (secondary N) is 1. The van der Waals surface area contributed by atoms with Crippen LogP contribution in [0.2, 0.25) is 0 Å². The summed E-state index contributed by atoms with van der Waals surface area (Å²) in [5.41, 5.74) is 6.83. The van der Waals surface area contributed by atoms with Crippen LogP contribution in [-0.4, -0.2) is 25.1 Å². The molecule has 1 aromatic carbocycles. The fourth-order valence-corrected chi connectivity index (χ4v) is 2.04. The molecule has 3 N–H and O–H groups in total. The first-order chi connectivity index (χ1) is 8.16. The minimum atomic E-state index is -0.445. The maximum Gasteiger partial charge on any atom is 0.252 e. The Morgan fingerprint density at radius 1 is 1.59 bits per heavy atom. The van der Waals surface area contributed by atoms with Crippen molar-refractivity contribution in [1.82, 2.24) is 5.32 Å². The molecule has 1 amide bonds. The zero-order chi connectivity index (χ0) is 12.3. The van der Waals surface area contributed by atoms with Crippen molar-refractivity contribution in [2.24, 2.45) is 5.73 Å². The van der Waals surface area contributed by atoms with Gasteiger partial charge in [0.15, 0.2) is 0 Å². The lowest BCUT2D eigenvalue weighted by molar-refractivity contribution is 0.0996. The van der Waals surface area contributed by atoms with Crippen molar-refractivity contribution in [1.29, 1.82) is 0 Å². The average molecular weight is 234 g/mol. The fourth-order valence-electron chi connectivity index (χ4n) is 2.04. The van der Waals surface area contributed by atoms with E-state index in [1.807, 2.05) is 19.1 Å². The second kappa shape index (κ2) is 5.19. The van der Waals surface area contributed by atoms with E-state index < -0.39 is 5.91 Å². The van der Waals surface area contributed by atoms with Crippen molar-refractivity contribution in [2.45, 2.75) is 25.8 Å². The Bertz CT molecular complexity index is 412. The molecule has 0 spiro atoms. The van der Waals surface area contributed by atoms with Gasteiger partial charge in [-0.25, -0.2) is 0 Å². The summed E-state index contributed by atoms with van der Waals surface area (Å²) in [4.78, 5) is 11.3. The second-order valence-electron chi connectivity index (χ2n) is 4.47. The zero-order valence-electron chi connectivity index (χ0n) is 10.0. The van der Waals surface area contributed by atoms with E-state index in [0.29, 0.717) is 24.0 Å². The van der Waals surface area contributed by atoms with Crippen LogP contribution < -0.4 is 15.8 Å². The fraction of sp³-hybridized carbons (Fsp3) is 0.462. The summed E-state index contributed by atoms with van der Waals surface area (Å²) in [5, 5.41) is 3.35. The van der Waals surface area contributed by atoms with E-state index in [9.17, 15) is 4.79 Å². The SMILES string of the molecule is Cc1ccc(C(N)=O)c(OCC2CCCN2)c1. The van der Waals surface area contributed by atoms with Gasteiger partial charge in [0.2, 0.25) is 0 Å². The number of carbonyl (C=O) groups is 1. The lowest BCUT2D eigenvalue weighted by Gasteiger charge is -2.14. The Balaban J connectivity index is 2.07. The largest absolute Gasteiger partial charge is 0.491 e. The minimum Gasteiger partial charge on any atom is -0.491 e. The molecular formula is C13H18N2O2. The maximum absolute atomic E-state index is 11.3. The number of carbonyl (C=O) groups excluding carboxylic acids is 1. The van der Waals surface area contributed by atoms with Gasteiger partial charge in [-0.2, -0.15) is 0 Å². The third-order valence-corrected chi connectivity index (χ3v) is 3.00. The normalized spacial score (nSPS) is 19.2. The molecule has 17 heavy (non-hydrogen) atoms. The number of nitrogens with two attached hydrogens (primary N) is 1. The monoisotopic (exact) mass is 234 g/mol. The lowest BCUT2D eigenvalue weighted by Crippen LogP contribution is -2.28. The van der Waals surface area contributed by atoms with Crippen LogP contribution in [0.3, 0.4) is 0 Å². The summed E-state index contributed by atoms with van der Waals surface area (Å²) in [5.74, 6) is 0.144. The molecule has 1 aromatic rings. The van der Waals surface area contributed by atoms with Crippen LogP contribution in [0, 0.1) is 6.92 Å². The van der Waals surface area contributed by atoms with Gasteiger partial charge in [0.25, 0.3) is 5.91 Å². The Morgan fingerprint density at radius 2 is 2.41 bits per heavy atom. The van der Waals surface area contributed by atoms with Gasteiger partial charge in [0.05, 0.1) is 5.56 Å². The van der Waals surface area contributed by atoms with Crippen LogP contribution in [0.1, 0.15) is 28.8 Å². The molecule has 0 bridgehead atoms. The third kappa shape index (κ3) is 2.97. The van der Waals surface area contributed by atoms with Crippen molar-refractivity contribution < 1.29 is 9.53 Å². The summed E-state index contributed by atoms with van der Waals surface area (Å²) in [6.07, 6.45) is 2.31. The summed E-state index contributed by atoms with van der Waals surface area (Å²) in [7, 11) is 0. The van der Waals surface area contributed by atoms with E-state index in [1.165, 1.54) is 6.42 Å². The quantitative estimate of drug-likeness (QED) is 0.823. The lowest BCUT2D eigenvalue weighted by atomic mass is 10.1. The molecule has 1 unspecified atom stereocenters. The van der Waals surface area contributed by atoms with E-state index in [1.54, 1.807) is 6.07 Å². The topological polar surface area (TPSA) is 64.4 Å². The first-order valence-electron chi connectivity index (χ1n) is 5.93. The molecule has 1 saturated heterocycles. The van der Waals surface area contributed by atoms with Gasteiger partial charge in [0.1, 0.15) is 12.4 Å². The van der Waals surface area contributed by atoms with Crippen LogP contribution in [0.15, 0.2) is 18.2 Å². The van der Waals surface area contributed by atoms with Crippen LogP contribution in [0.5, 0.6) is 5.75 Å². The molecule has 0 saturated carbocycles. The van der Waals surface area contributed by atoms with Crippen LogP contribution in [0.4, 0.5) is 0 Å². The van der Waals surface area contributed by atoms with Crippen molar-refractivity contribution in [2.75, 3.05) is 13.2 Å². The van der Waals surface area contributed by atoms with Gasteiger partial charge in [0, 0.05) is 6.04 Å². The highest BCUT2D eigenvalue weighted by Crippen LogP contribution is 2.20. The Kier molecular flexibility index (Phi) is 3.64. The Morgan fingerprint density at radius 3 is 3.06 bits per heavy atom. The highest BCUT2D eigenvalue weighted by molar-refractivity contribution is 5.95. The van der Waals surface area contributed by atoms with Crippen LogP contribution in [0.25, 0.3) is 0 Å². The number of amides is 1. The van der Waals surface area contributed by atoms with Gasteiger partial charge in [-0.05, 0) is 44.0 Å². The third-order valence-electron chi connectivity index (χ3n) is 3.00. The number of hydrogen-bond donors (Lipinski definition) is 2. The zero-order valence-corrected chi connectivity index (χ0v) is 10.0. The highest BCUT2D eigenvalue weighted by atomic mass is 16.5. The van der Waals surface area contributed by atoms with Crippen molar-refractivity contribution in [3.63, 3.8) is 0 Å². The van der Waals surface area contributed by atoms with E-state index >= 15 is 0 Å². The summed E-state index contributed by atoms with van der Waals surface area (Å²) >= 11 is 0. The molecule has 92 valence electrons. The molecule has 1 aliphatic rings. The molecule has 1 atom stereocenters. The number of rotatable bonds is 4. The van der Waals surface area contributed by atoms with Gasteiger partial charge in [-0.3, -0.25) is 4.79 Å². The molecule has 0 radical (unpaired) electrons. The Hall–Kier alpha value is -1.55. The standard InChI is InChI=1S/C13H18N2O2/c1-9-4-5-11(13(14)16)12(7-9)17-8-10-3-2-6-15-10/h4-5,7,10,15H,2-3,6,8H2,1H3,(H2,14,16). The number of benzene rings is 1. The first kappa shape index (κ1) is 11.9. The molecule has 1 fully saturated rings. The van der Waals surface area contributed by atoms with E-state index in [4.69, 9.17) is 10.5 Å². The van der Waals surface area contributed by atoms with Crippen LogP contribution >= 0.6 is 0 Å². The summed E-state index contributed by atoms with van der Waals surface area (Å²) in [6, 6.07) is 5.82. The van der Waals surface area contributed by atoms with E-state index in [0.717, 1.165) is 18.5 Å². The molecule has 4 heteroatoms. The molecule has 1 aliphatic heterocycles. The highest BCUT2D eigenvalue weighted by Gasteiger charge is 2.16. The number of ether oxygens (including phenoxy) is 1. The number of hydrogen-bond acceptors (Lipinski definition) is 3. The average Bonchev–Trinajstić information content (AvgIpc) is 2.78. The van der Waals surface area contributed by atoms with Gasteiger partial charge < -0.3 is 15.8 Å². The Labute approximate surface area is 101 Å². The molecule has 0 aliphatic carbocycles. The van der Waals surface area contributed by atoms with E-state index in [2.05, 4.69) is 5.32 Å².